The van der Waals surface area contributed by atoms with Gasteiger partial charge in [-0.25, -0.2) is 0 Å². The number of carbonyl (C=O) groups is 1. The van der Waals surface area contributed by atoms with Crippen LogP contribution in [-0.4, -0.2) is 21.7 Å². The van der Waals surface area contributed by atoms with Crippen molar-refractivity contribution in [1.29, 1.82) is 0 Å². The van der Waals surface area contributed by atoms with Gasteiger partial charge in [-0.1, -0.05) is 0 Å². The Hall–Kier alpha value is -0.840. The Morgan fingerprint density at radius 2 is 1.90 bits per heavy atom. The summed E-state index contributed by atoms with van der Waals surface area (Å²) in [5.74, 6) is 3.48. The van der Waals surface area contributed by atoms with Crippen molar-refractivity contribution in [3.8, 4) is 0 Å². The van der Waals surface area contributed by atoms with Crippen molar-refractivity contribution in [3.63, 3.8) is 0 Å². The molecule has 4 saturated carbocycles. The second kappa shape index (κ2) is 5.11. The molecule has 5 heteroatoms. The van der Waals surface area contributed by atoms with Crippen LogP contribution in [-0.2, 0) is 11.3 Å². The van der Waals surface area contributed by atoms with E-state index in [2.05, 4.69) is 26.3 Å². The van der Waals surface area contributed by atoms with E-state index >= 15 is 0 Å². The quantitative estimate of drug-likeness (QED) is 0.909. The summed E-state index contributed by atoms with van der Waals surface area (Å²) >= 11 is 3.44. The first-order chi connectivity index (χ1) is 10.1. The highest BCUT2D eigenvalue weighted by Gasteiger charge is 2.48. The van der Waals surface area contributed by atoms with Crippen LogP contribution < -0.4 is 5.32 Å². The van der Waals surface area contributed by atoms with Crippen LogP contribution in [0.3, 0.4) is 0 Å². The number of amides is 1. The molecule has 0 atom stereocenters. The summed E-state index contributed by atoms with van der Waals surface area (Å²) in [6, 6.07) is 0.422. The summed E-state index contributed by atoms with van der Waals surface area (Å²) in [6.07, 6.45) is 8.68. The molecule has 0 saturated heterocycles. The third-order valence-corrected chi connectivity index (χ3v) is 6.53. The molecule has 114 valence electrons. The number of nitrogens with one attached hydrogen (secondary N) is 1. The Morgan fingerprint density at radius 3 is 2.43 bits per heavy atom. The molecule has 1 aromatic heterocycles. The molecule has 0 unspecified atom stereocenters. The smallest absolute Gasteiger partial charge is 0.241 e. The third-order valence-electron chi connectivity index (χ3n) is 5.75. The highest BCUT2D eigenvalue weighted by Crippen LogP contribution is 2.53. The standard InChI is InChI=1S/C16H22BrN3O/c1-9-14(17)7-20(19-9)8-15(21)18-16-12-3-10-2-11(5-12)6-13(16)4-10/h7,10-13,16H,2-6,8H2,1H3,(H,18,21). The zero-order valence-corrected chi connectivity index (χ0v) is 14.0. The Bertz CT molecular complexity index is 520. The highest BCUT2D eigenvalue weighted by atomic mass is 79.9. The molecule has 4 fully saturated rings. The van der Waals surface area contributed by atoms with Gasteiger partial charge in [0.05, 0.1) is 10.2 Å². The van der Waals surface area contributed by atoms with Crippen molar-refractivity contribution in [2.45, 2.75) is 51.6 Å². The monoisotopic (exact) mass is 351 g/mol. The number of carbonyl (C=O) groups excluding carboxylic acids is 1. The van der Waals surface area contributed by atoms with Gasteiger partial charge < -0.3 is 5.32 Å². The van der Waals surface area contributed by atoms with Crippen LogP contribution in [0.5, 0.6) is 0 Å². The Kier molecular flexibility index (Phi) is 3.36. The van der Waals surface area contributed by atoms with Crippen LogP contribution in [0.4, 0.5) is 0 Å². The largest absolute Gasteiger partial charge is 0.351 e. The molecule has 0 spiro atoms. The number of hydrogen-bond donors (Lipinski definition) is 1. The predicted molar refractivity (Wildman–Crippen MR) is 83.6 cm³/mol. The molecule has 1 aromatic rings. The minimum atomic E-state index is 0.113. The number of nitrogens with zero attached hydrogens (tertiary/aromatic N) is 2. The first kappa shape index (κ1) is 13.8. The molecule has 4 aliphatic carbocycles. The van der Waals surface area contributed by atoms with Gasteiger partial charge >= 0.3 is 0 Å². The van der Waals surface area contributed by atoms with Gasteiger partial charge in [0.15, 0.2) is 0 Å². The molecule has 0 radical (unpaired) electrons. The molecular formula is C16H22BrN3O. The van der Waals surface area contributed by atoms with E-state index in [4.69, 9.17) is 0 Å². The second-order valence-corrected chi connectivity index (χ2v) is 8.14. The summed E-state index contributed by atoms with van der Waals surface area (Å²) in [7, 11) is 0. The summed E-state index contributed by atoms with van der Waals surface area (Å²) < 4.78 is 2.69. The van der Waals surface area contributed by atoms with E-state index in [-0.39, 0.29) is 5.91 Å². The number of hydrogen-bond acceptors (Lipinski definition) is 2. The van der Waals surface area contributed by atoms with Gasteiger partial charge in [0.25, 0.3) is 0 Å². The molecule has 4 bridgehead atoms. The lowest BCUT2D eigenvalue weighted by Crippen LogP contribution is -2.56. The van der Waals surface area contributed by atoms with Crippen LogP contribution in [0.1, 0.15) is 37.8 Å². The van der Waals surface area contributed by atoms with Gasteiger partial charge in [0.1, 0.15) is 6.54 Å². The number of rotatable bonds is 3. The predicted octanol–water partition coefficient (Wildman–Crippen LogP) is 2.89. The molecule has 1 amide bonds. The first-order valence-electron chi connectivity index (χ1n) is 8.07. The minimum Gasteiger partial charge on any atom is -0.351 e. The topological polar surface area (TPSA) is 46.9 Å². The van der Waals surface area contributed by atoms with E-state index in [1.54, 1.807) is 4.68 Å². The van der Waals surface area contributed by atoms with Crippen molar-refractivity contribution < 1.29 is 4.79 Å². The van der Waals surface area contributed by atoms with Crippen molar-refractivity contribution in [2.24, 2.45) is 23.7 Å². The fourth-order valence-corrected chi connectivity index (χ4v) is 5.43. The fourth-order valence-electron chi connectivity index (χ4n) is 5.11. The number of aromatic nitrogens is 2. The van der Waals surface area contributed by atoms with Gasteiger partial charge in [-0.3, -0.25) is 9.48 Å². The highest BCUT2D eigenvalue weighted by molar-refractivity contribution is 9.10. The van der Waals surface area contributed by atoms with Crippen molar-refractivity contribution in [3.05, 3.63) is 16.4 Å². The van der Waals surface area contributed by atoms with Gasteiger partial charge in [-0.15, -0.1) is 0 Å². The van der Waals surface area contributed by atoms with E-state index in [9.17, 15) is 4.79 Å². The fraction of sp³-hybridized carbons (Fsp3) is 0.750. The van der Waals surface area contributed by atoms with Gasteiger partial charge in [-0.05, 0) is 78.6 Å². The molecule has 21 heavy (non-hydrogen) atoms. The average molecular weight is 352 g/mol. The zero-order valence-electron chi connectivity index (χ0n) is 12.4. The van der Waals surface area contributed by atoms with Crippen molar-refractivity contribution in [2.75, 3.05) is 0 Å². The van der Waals surface area contributed by atoms with Crippen LogP contribution in [0.15, 0.2) is 10.7 Å². The van der Waals surface area contributed by atoms with Crippen LogP contribution in [0.2, 0.25) is 0 Å². The van der Waals surface area contributed by atoms with Crippen molar-refractivity contribution in [1.82, 2.24) is 15.1 Å². The summed E-state index contributed by atoms with van der Waals surface area (Å²) in [6.45, 7) is 2.27. The summed E-state index contributed by atoms with van der Waals surface area (Å²) in [4.78, 5) is 12.3. The minimum absolute atomic E-state index is 0.113. The van der Waals surface area contributed by atoms with Gasteiger partial charge in [-0.2, -0.15) is 5.10 Å². The SMILES string of the molecule is Cc1nn(CC(=O)NC2C3CC4CC(C3)CC2C4)cc1Br. The van der Waals surface area contributed by atoms with Crippen LogP contribution in [0.25, 0.3) is 0 Å². The normalized spacial score (nSPS) is 37.0. The lowest BCUT2D eigenvalue weighted by Gasteiger charge is -2.54. The molecule has 0 aromatic carbocycles. The van der Waals surface area contributed by atoms with Crippen LogP contribution in [0, 0.1) is 30.6 Å². The van der Waals surface area contributed by atoms with Crippen molar-refractivity contribution >= 4 is 21.8 Å². The molecule has 4 nitrogen and oxygen atoms in total. The Balaban J connectivity index is 1.40. The molecule has 1 heterocycles. The molecule has 1 N–H and O–H groups in total. The second-order valence-electron chi connectivity index (χ2n) is 7.28. The average Bonchev–Trinajstić information content (AvgIpc) is 2.71. The van der Waals surface area contributed by atoms with E-state index in [1.165, 1.54) is 32.1 Å². The van der Waals surface area contributed by atoms with Gasteiger partial charge in [0.2, 0.25) is 5.91 Å². The first-order valence-corrected chi connectivity index (χ1v) is 8.86. The van der Waals surface area contributed by atoms with E-state index in [1.807, 2.05) is 13.1 Å². The maximum atomic E-state index is 12.3. The molecule has 4 aliphatic rings. The number of aryl methyl sites for hydroxylation is 1. The maximum Gasteiger partial charge on any atom is 0.241 e. The lowest BCUT2D eigenvalue weighted by atomic mass is 9.54. The summed E-state index contributed by atoms with van der Waals surface area (Å²) in [5.41, 5.74) is 0.928. The molecule has 5 rings (SSSR count). The third kappa shape index (κ3) is 2.54. The molecule has 0 aliphatic heterocycles. The van der Waals surface area contributed by atoms with E-state index in [0.717, 1.165) is 33.8 Å². The Labute approximate surface area is 133 Å². The van der Waals surface area contributed by atoms with E-state index in [0.29, 0.717) is 12.6 Å². The Morgan fingerprint density at radius 1 is 1.29 bits per heavy atom. The zero-order chi connectivity index (χ0) is 14.6. The number of halogens is 1. The maximum absolute atomic E-state index is 12.3. The van der Waals surface area contributed by atoms with Gasteiger partial charge in [0, 0.05) is 12.2 Å². The van der Waals surface area contributed by atoms with E-state index < -0.39 is 0 Å². The van der Waals surface area contributed by atoms with Crippen LogP contribution >= 0.6 is 15.9 Å². The molecular weight excluding hydrogens is 330 g/mol. The lowest BCUT2D eigenvalue weighted by molar-refractivity contribution is -0.125. The summed E-state index contributed by atoms with van der Waals surface area (Å²) in [5, 5.41) is 7.67.